The molecule has 0 atom stereocenters. The van der Waals surface area contributed by atoms with Crippen LogP contribution in [0.3, 0.4) is 0 Å². The van der Waals surface area contributed by atoms with Crippen molar-refractivity contribution in [3.63, 3.8) is 0 Å². The van der Waals surface area contributed by atoms with Crippen molar-refractivity contribution in [2.75, 3.05) is 0 Å². The van der Waals surface area contributed by atoms with Crippen LogP contribution in [0.1, 0.15) is 11.1 Å². The van der Waals surface area contributed by atoms with Gasteiger partial charge < -0.3 is 0 Å². The molecule has 0 fully saturated rings. The van der Waals surface area contributed by atoms with Crippen LogP contribution in [0.4, 0.5) is 0 Å². The van der Waals surface area contributed by atoms with E-state index in [0.29, 0.717) is 17.5 Å². The predicted molar refractivity (Wildman–Crippen MR) is 155 cm³/mol. The molecule has 6 aromatic rings. The SMILES string of the molecule is Brc1cc(-c2ccncc2)cc(-c2nc(-c3ccccc3)nc(-c3ccc4c(c3)-c3ccccc3C4)n2)c1. The van der Waals surface area contributed by atoms with Gasteiger partial charge in [-0.1, -0.05) is 82.7 Å². The minimum Gasteiger partial charge on any atom is -0.265 e. The van der Waals surface area contributed by atoms with E-state index in [1.54, 1.807) is 12.4 Å². The standard InChI is InChI=1S/C33H21BrN4/c34-28-18-26(21-12-14-35-15-13-21)17-27(19-28)33-37-31(22-6-2-1-3-7-22)36-32(38-33)25-11-10-24-16-23-8-4-5-9-29(23)30(24)20-25/h1-15,17-20H,16H2. The highest BCUT2D eigenvalue weighted by molar-refractivity contribution is 9.10. The molecule has 0 amide bonds. The normalized spacial score (nSPS) is 11.7. The number of nitrogens with zero attached hydrogens (tertiary/aromatic N) is 4. The van der Waals surface area contributed by atoms with E-state index in [2.05, 4.69) is 81.6 Å². The maximum Gasteiger partial charge on any atom is 0.164 e. The van der Waals surface area contributed by atoms with Crippen LogP contribution >= 0.6 is 15.9 Å². The molecule has 2 heterocycles. The largest absolute Gasteiger partial charge is 0.265 e. The number of benzene rings is 4. The molecule has 0 radical (unpaired) electrons. The van der Waals surface area contributed by atoms with Gasteiger partial charge in [-0.3, -0.25) is 4.98 Å². The molecule has 4 aromatic carbocycles. The zero-order valence-electron chi connectivity index (χ0n) is 20.3. The van der Waals surface area contributed by atoms with Gasteiger partial charge in [0.15, 0.2) is 17.5 Å². The molecule has 0 saturated heterocycles. The zero-order chi connectivity index (χ0) is 25.5. The summed E-state index contributed by atoms with van der Waals surface area (Å²) in [6.45, 7) is 0. The second-order valence-corrected chi connectivity index (χ2v) is 10.3. The number of fused-ring (bicyclic) bond motifs is 3. The molecule has 0 N–H and O–H groups in total. The zero-order valence-corrected chi connectivity index (χ0v) is 21.9. The lowest BCUT2D eigenvalue weighted by molar-refractivity contribution is 1.07. The van der Waals surface area contributed by atoms with Crippen LogP contribution in [0, 0.1) is 0 Å². The average Bonchev–Trinajstić information content (AvgIpc) is 3.35. The molecule has 4 nitrogen and oxygen atoms in total. The lowest BCUT2D eigenvalue weighted by Gasteiger charge is -2.11. The van der Waals surface area contributed by atoms with Crippen LogP contribution in [0.25, 0.3) is 56.4 Å². The fourth-order valence-corrected chi connectivity index (χ4v) is 5.54. The Bertz CT molecular complexity index is 1800. The van der Waals surface area contributed by atoms with Crippen molar-refractivity contribution >= 4 is 15.9 Å². The van der Waals surface area contributed by atoms with E-state index < -0.39 is 0 Å². The van der Waals surface area contributed by atoms with Gasteiger partial charge in [-0.2, -0.15) is 0 Å². The van der Waals surface area contributed by atoms with Crippen molar-refractivity contribution in [3.8, 4) is 56.4 Å². The number of pyridine rings is 1. The van der Waals surface area contributed by atoms with Crippen LogP contribution in [0.15, 0.2) is 120 Å². The quantitative estimate of drug-likeness (QED) is 0.220. The molecule has 180 valence electrons. The van der Waals surface area contributed by atoms with E-state index in [0.717, 1.165) is 38.7 Å². The first-order valence-corrected chi connectivity index (χ1v) is 13.2. The Morgan fingerprint density at radius 1 is 0.474 bits per heavy atom. The molecular weight excluding hydrogens is 532 g/mol. The Kier molecular flexibility index (Phi) is 5.64. The van der Waals surface area contributed by atoms with E-state index >= 15 is 0 Å². The summed E-state index contributed by atoms with van der Waals surface area (Å²) in [5, 5.41) is 0. The van der Waals surface area contributed by atoms with Gasteiger partial charge in [0.05, 0.1) is 0 Å². The van der Waals surface area contributed by atoms with E-state index in [4.69, 9.17) is 15.0 Å². The van der Waals surface area contributed by atoms with E-state index in [-0.39, 0.29) is 0 Å². The molecule has 0 saturated carbocycles. The average molecular weight is 553 g/mol. The molecule has 7 rings (SSSR count). The van der Waals surface area contributed by atoms with Gasteiger partial charge >= 0.3 is 0 Å². The number of hydrogen-bond donors (Lipinski definition) is 0. The molecule has 0 bridgehead atoms. The molecule has 1 aliphatic rings. The van der Waals surface area contributed by atoms with Crippen LogP contribution in [-0.2, 0) is 6.42 Å². The fourth-order valence-electron chi connectivity index (χ4n) is 5.04. The summed E-state index contributed by atoms with van der Waals surface area (Å²) in [6.07, 6.45) is 4.56. The minimum atomic E-state index is 0.631. The summed E-state index contributed by atoms with van der Waals surface area (Å²) >= 11 is 3.70. The van der Waals surface area contributed by atoms with Gasteiger partial charge in [0, 0.05) is 33.6 Å². The van der Waals surface area contributed by atoms with Crippen LogP contribution in [-0.4, -0.2) is 19.9 Å². The van der Waals surface area contributed by atoms with Crippen molar-refractivity contribution in [3.05, 3.63) is 131 Å². The van der Waals surface area contributed by atoms with E-state index in [1.165, 1.54) is 22.3 Å². The van der Waals surface area contributed by atoms with E-state index in [1.807, 2.05) is 42.5 Å². The van der Waals surface area contributed by atoms with Crippen molar-refractivity contribution < 1.29 is 0 Å². The monoisotopic (exact) mass is 552 g/mol. The van der Waals surface area contributed by atoms with Crippen LogP contribution in [0.5, 0.6) is 0 Å². The smallest absolute Gasteiger partial charge is 0.164 e. The van der Waals surface area contributed by atoms with Crippen LogP contribution < -0.4 is 0 Å². The highest BCUT2D eigenvalue weighted by atomic mass is 79.9. The summed E-state index contributed by atoms with van der Waals surface area (Å²) in [6, 6.07) is 35.5. The Hall–Kier alpha value is -4.48. The summed E-state index contributed by atoms with van der Waals surface area (Å²) in [7, 11) is 0. The fraction of sp³-hybridized carbons (Fsp3) is 0.0303. The Morgan fingerprint density at radius 2 is 1.13 bits per heavy atom. The van der Waals surface area contributed by atoms with Crippen LogP contribution in [0.2, 0.25) is 0 Å². The third-order valence-corrected chi connectivity index (χ3v) is 7.35. The first-order chi connectivity index (χ1) is 18.7. The Balaban J connectivity index is 1.40. The van der Waals surface area contributed by atoms with Gasteiger partial charge in [0.2, 0.25) is 0 Å². The summed E-state index contributed by atoms with van der Waals surface area (Å²) in [4.78, 5) is 19.0. The lowest BCUT2D eigenvalue weighted by atomic mass is 10.0. The molecule has 5 heteroatoms. The second kappa shape index (κ2) is 9.43. The third-order valence-electron chi connectivity index (χ3n) is 6.89. The summed E-state index contributed by atoms with van der Waals surface area (Å²) in [5.41, 5.74) is 10.2. The van der Waals surface area contributed by atoms with Gasteiger partial charge in [-0.05, 0) is 76.2 Å². The number of halogens is 1. The summed E-state index contributed by atoms with van der Waals surface area (Å²) < 4.78 is 0.958. The third kappa shape index (κ3) is 4.21. The molecule has 1 aliphatic carbocycles. The molecule has 0 unspecified atom stereocenters. The molecule has 38 heavy (non-hydrogen) atoms. The number of aromatic nitrogens is 4. The van der Waals surface area contributed by atoms with Gasteiger partial charge in [-0.15, -0.1) is 0 Å². The predicted octanol–water partition coefficient (Wildman–Crippen LogP) is 8.27. The molecule has 0 spiro atoms. The highest BCUT2D eigenvalue weighted by Crippen LogP contribution is 2.39. The van der Waals surface area contributed by atoms with Crippen molar-refractivity contribution in [1.29, 1.82) is 0 Å². The van der Waals surface area contributed by atoms with Gasteiger partial charge in [0.1, 0.15) is 0 Å². The maximum absolute atomic E-state index is 5.00. The minimum absolute atomic E-state index is 0.631. The Morgan fingerprint density at radius 3 is 1.95 bits per heavy atom. The summed E-state index contributed by atoms with van der Waals surface area (Å²) in [5.74, 6) is 1.94. The number of hydrogen-bond acceptors (Lipinski definition) is 4. The van der Waals surface area contributed by atoms with E-state index in [9.17, 15) is 0 Å². The molecule has 0 aliphatic heterocycles. The van der Waals surface area contributed by atoms with Crippen molar-refractivity contribution in [2.45, 2.75) is 6.42 Å². The number of rotatable bonds is 4. The molecular formula is C33H21BrN4. The first-order valence-electron chi connectivity index (χ1n) is 12.5. The lowest BCUT2D eigenvalue weighted by Crippen LogP contribution is -2.00. The van der Waals surface area contributed by atoms with Gasteiger partial charge in [-0.25, -0.2) is 15.0 Å². The van der Waals surface area contributed by atoms with Gasteiger partial charge in [0.25, 0.3) is 0 Å². The molecule has 2 aromatic heterocycles. The second-order valence-electron chi connectivity index (χ2n) is 9.34. The topological polar surface area (TPSA) is 51.6 Å². The van der Waals surface area contributed by atoms with Crippen molar-refractivity contribution in [1.82, 2.24) is 19.9 Å². The highest BCUT2D eigenvalue weighted by Gasteiger charge is 2.20. The Labute approximate surface area is 229 Å². The maximum atomic E-state index is 5.00. The first kappa shape index (κ1) is 22.7. The van der Waals surface area contributed by atoms with Crippen molar-refractivity contribution in [2.24, 2.45) is 0 Å².